The number of allylic oxidation sites excluding steroid dienone is 10. The van der Waals surface area contributed by atoms with Gasteiger partial charge < -0.3 is 27.9 Å². The van der Waals surface area contributed by atoms with Crippen LogP contribution in [0.1, 0.15) is 284 Å². The van der Waals surface area contributed by atoms with E-state index < -0.39 is 26.5 Å². The lowest BCUT2D eigenvalue weighted by molar-refractivity contribution is -0.870. The minimum atomic E-state index is -4.63. The van der Waals surface area contributed by atoms with Crippen molar-refractivity contribution in [2.24, 2.45) is 0 Å². The van der Waals surface area contributed by atoms with Crippen molar-refractivity contribution in [1.29, 1.82) is 0 Å². The van der Waals surface area contributed by atoms with Gasteiger partial charge in [-0.15, -0.1) is 0 Å². The molecule has 9 nitrogen and oxygen atoms in total. The molecule has 0 saturated carbocycles. The third kappa shape index (κ3) is 59.0. The number of ether oxygens (including phenoxy) is 2. The summed E-state index contributed by atoms with van der Waals surface area (Å²) in [5.41, 5.74) is 0. The Bertz CT molecular complexity index is 1430. The van der Waals surface area contributed by atoms with E-state index in [9.17, 15) is 19.0 Å². The highest BCUT2D eigenvalue weighted by Gasteiger charge is 2.22. The molecule has 0 aromatic heterocycles. The summed E-state index contributed by atoms with van der Waals surface area (Å²) in [7, 11) is 1.17. The number of quaternary nitrogens is 1. The molecule has 432 valence electrons. The average molecular weight is 1060 g/mol. The molecular weight excluding hydrogens is 942 g/mol. The van der Waals surface area contributed by atoms with Gasteiger partial charge in [0.25, 0.3) is 7.82 Å². The van der Waals surface area contributed by atoms with Crippen LogP contribution in [0.25, 0.3) is 0 Å². The van der Waals surface area contributed by atoms with Crippen molar-refractivity contribution in [2.75, 3.05) is 47.5 Å². The van der Waals surface area contributed by atoms with Crippen LogP contribution in [-0.4, -0.2) is 70.0 Å². The second kappa shape index (κ2) is 55.5. The van der Waals surface area contributed by atoms with Crippen molar-refractivity contribution in [3.8, 4) is 0 Å². The van der Waals surface area contributed by atoms with Gasteiger partial charge in [0.1, 0.15) is 19.8 Å². The summed E-state index contributed by atoms with van der Waals surface area (Å²) in [5, 5.41) is 0. The molecule has 0 rings (SSSR count). The second-order valence-electron chi connectivity index (χ2n) is 22.0. The fraction of sp³-hybridized carbons (Fsp3) is 0.812. The molecule has 0 amide bonds. The molecule has 0 radical (unpaired) electrons. The van der Waals surface area contributed by atoms with Crippen LogP contribution in [0.15, 0.2) is 60.8 Å². The Labute approximate surface area is 457 Å². The highest BCUT2D eigenvalue weighted by molar-refractivity contribution is 7.45. The van der Waals surface area contributed by atoms with E-state index in [-0.39, 0.29) is 32.0 Å². The lowest BCUT2D eigenvalue weighted by Gasteiger charge is -2.28. The van der Waals surface area contributed by atoms with Gasteiger partial charge in [-0.2, -0.15) is 0 Å². The van der Waals surface area contributed by atoms with Gasteiger partial charge in [0, 0.05) is 12.8 Å². The highest BCUT2D eigenvalue weighted by atomic mass is 31.2. The maximum Gasteiger partial charge on any atom is 0.306 e. The number of esters is 2. The van der Waals surface area contributed by atoms with Crippen LogP contribution in [-0.2, 0) is 32.7 Å². The number of carbonyl (C=O) groups is 2. The SMILES string of the molecule is CC/C=C\C/C=C\C/C=C\C/C=C\CCCCCCCCCCCCCCCCCCCCCCCCCCC(=O)OC(COC(=O)CCCCCCC/C=C\CCCCCC)COP(=O)([O-])OCC[N+](C)(C)C. The number of carbonyl (C=O) groups excluding carboxylic acids is 2. The van der Waals surface area contributed by atoms with Crippen molar-refractivity contribution in [2.45, 2.75) is 290 Å². The molecule has 2 atom stereocenters. The number of unbranched alkanes of at least 4 members (excludes halogenated alkanes) is 33. The summed E-state index contributed by atoms with van der Waals surface area (Å²) in [4.78, 5) is 37.8. The first-order valence-electron chi connectivity index (χ1n) is 31.0. The Morgan fingerprint density at radius 1 is 0.432 bits per heavy atom. The van der Waals surface area contributed by atoms with Crippen molar-refractivity contribution in [3.05, 3.63) is 60.8 Å². The van der Waals surface area contributed by atoms with Crippen LogP contribution >= 0.6 is 7.82 Å². The van der Waals surface area contributed by atoms with Crippen LogP contribution in [0.2, 0.25) is 0 Å². The Morgan fingerprint density at radius 3 is 1.16 bits per heavy atom. The van der Waals surface area contributed by atoms with Crippen LogP contribution in [0.4, 0.5) is 0 Å². The summed E-state index contributed by atoms with van der Waals surface area (Å²) in [6, 6.07) is 0. The van der Waals surface area contributed by atoms with E-state index in [1.165, 1.54) is 173 Å². The molecule has 0 fully saturated rings. The van der Waals surface area contributed by atoms with E-state index in [0.29, 0.717) is 17.4 Å². The van der Waals surface area contributed by atoms with Gasteiger partial charge in [0.15, 0.2) is 6.10 Å². The monoisotopic (exact) mass is 1060 g/mol. The van der Waals surface area contributed by atoms with E-state index in [1.54, 1.807) is 0 Å². The van der Waals surface area contributed by atoms with Crippen molar-refractivity contribution in [1.82, 2.24) is 0 Å². The van der Waals surface area contributed by atoms with Gasteiger partial charge in [-0.05, 0) is 77.0 Å². The number of phosphoric ester groups is 1. The van der Waals surface area contributed by atoms with Crippen molar-refractivity contribution < 1.29 is 42.1 Å². The van der Waals surface area contributed by atoms with Gasteiger partial charge >= 0.3 is 11.9 Å². The lowest BCUT2D eigenvalue weighted by atomic mass is 10.0. The maximum absolute atomic E-state index is 12.8. The first kappa shape index (κ1) is 71.7. The van der Waals surface area contributed by atoms with E-state index in [2.05, 4.69) is 74.6 Å². The summed E-state index contributed by atoms with van der Waals surface area (Å²) < 4.78 is 34.1. The molecule has 0 aliphatic carbocycles. The molecule has 0 heterocycles. The molecule has 74 heavy (non-hydrogen) atoms. The molecule has 0 aromatic carbocycles. The third-order valence-corrected chi connectivity index (χ3v) is 14.5. The van der Waals surface area contributed by atoms with Crippen LogP contribution in [0.3, 0.4) is 0 Å². The Hall–Kier alpha value is -2.29. The number of likely N-dealkylation sites (N-methyl/N-ethyl adjacent to an activating group) is 1. The minimum absolute atomic E-state index is 0.0310. The topological polar surface area (TPSA) is 111 Å². The summed E-state index contributed by atoms with van der Waals surface area (Å²) in [5.74, 6) is -0.833. The number of hydrogen-bond acceptors (Lipinski definition) is 8. The first-order chi connectivity index (χ1) is 36.0. The summed E-state index contributed by atoms with van der Waals surface area (Å²) >= 11 is 0. The highest BCUT2D eigenvalue weighted by Crippen LogP contribution is 2.38. The molecule has 0 aliphatic heterocycles. The second-order valence-corrected chi connectivity index (χ2v) is 23.4. The first-order valence-corrected chi connectivity index (χ1v) is 32.5. The molecule has 0 saturated heterocycles. The zero-order valence-corrected chi connectivity index (χ0v) is 49.9. The predicted octanol–water partition coefficient (Wildman–Crippen LogP) is 18.9. The zero-order valence-electron chi connectivity index (χ0n) is 49.0. The van der Waals surface area contributed by atoms with E-state index in [4.69, 9.17) is 18.5 Å². The molecule has 0 aliphatic rings. The molecule has 2 unspecified atom stereocenters. The molecule has 0 aromatic rings. The smallest absolute Gasteiger partial charge is 0.306 e. The normalized spacial score (nSPS) is 13.6. The molecule has 10 heteroatoms. The quantitative estimate of drug-likeness (QED) is 0.0195. The summed E-state index contributed by atoms with van der Waals surface area (Å²) in [6.07, 6.45) is 71.6. The minimum Gasteiger partial charge on any atom is -0.756 e. The molecule has 0 N–H and O–H groups in total. The number of rotatable bonds is 57. The van der Waals surface area contributed by atoms with E-state index in [0.717, 1.165) is 77.0 Å². The lowest BCUT2D eigenvalue weighted by Crippen LogP contribution is -2.37. The van der Waals surface area contributed by atoms with Gasteiger partial charge in [-0.25, -0.2) is 0 Å². The fourth-order valence-electron chi connectivity index (χ4n) is 8.76. The summed E-state index contributed by atoms with van der Waals surface area (Å²) in [6.45, 7) is 4.13. The largest absolute Gasteiger partial charge is 0.756 e. The average Bonchev–Trinajstić information content (AvgIpc) is 3.36. The molecular formula is C64H118NO8P. The van der Waals surface area contributed by atoms with Crippen molar-refractivity contribution >= 4 is 19.8 Å². The van der Waals surface area contributed by atoms with Crippen molar-refractivity contribution in [3.63, 3.8) is 0 Å². The van der Waals surface area contributed by atoms with Gasteiger partial charge in [0.05, 0.1) is 27.7 Å². The number of phosphoric acid groups is 1. The van der Waals surface area contributed by atoms with Crippen LogP contribution in [0.5, 0.6) is 0 Å². The van der Waals surface area contributed by atoms with E-state index >= 15 is 0 Å². The standard InChI is InChI=1S/C64H118NO8P/c1-6-8-10-12-14-16-18-20-21-22-23-24-25-26-27-28-29-30-31-32-33-34-35-36-37-38-39-40-41-42-43-45-47-49-51-53-55-57-64(67)73-62(61-72-74(68,69)71-59-58-65(3,4)5)60-70-63(66)56-54-52-50-48-46-44-19-17-15-13-11-9-7-2/h8,10,14,16-17,19-21,23-24,62H,6-7,9,11-13,15,18,22,25-61H2,1-5H3/b10-8-,16-14-,19-17-,21-20-,24-23-. The fourth-order valence-corrected chi connectivity index (χ4v) is 9.49. The third-order valence-electron chi connectivity index (χ3n) is 13.5. The van der Waals surface area contributed by atoms with E-state index in [1.807, 2.05) is 21.1 Å². The molecule has 0 spiro atoms. The van der Waals surface area contributed by atoms with Gasteiger partial charge in [-0.3, -0.25) is 14.2 Å². The van der Waals surface area contributed by atoms with Gasteiger partial charge in [0.2, 0.25) is 0 Å². The number of nitrogens with zero attached hydrogens (tertiary/aromatic N) is 1. The molecule has 0 bridgehead atoms. The predicted molar refractivity (Wildman–Crippen MR) is 314 cm³/mol. The Balaban J connectivity index is 3.92. The van der Waals surface area contributed by atoms with Crippen LogP contribution in [0, 0.1) is 0 Å². The zero-order chi connectivity index (χ0) is 54.2. The maximum atomic E-state index is 12.8. The Kier molecular flexibility index (Phi) is 53.7. The van der Waals surface area contributed by atoms with Crippen LogP contribution < -0.4 is 4.89 Å². The number of hydrogen-bond donors (Lipinski definition) is 0. The van der Waals surface area contributed by atoms with Gasteiger partial charge in [-0.1, -0.05) is 254 Å². The Morgan fingerprint density at radius 2 is 0.770 bits per heavy atom.